The highest BCUT2D eigenvalue weighted by molar-refractivity contribution is 6.73. The zero-order valence-electron chi connectivity index (χ0n) is 6.00. The predicted molar refractivity (Wildman–Crippen MR) is 35.0 cm³/mol. The Labute approximate surface area is 69.2 Å². The lowest BCUT2D eigenvalue weighted by Gasteiger charge is -2.15. The second-order valence-electron chi connectivity index (χ2n) is 2.37. The smallest absolute Gasteiger partial charge is 0.445 e. The van der Waals surface area contributed by atoms with Crippen molar-refractivity contribution < 1.29 is 26.1 Å². The lowest BCUT2D eigenvalue weighted by molar-refractivity contribution is 0.470. The standard InChI is InChI=1S/C6H2BF6/c8-3-1-4(7(11,12)13)6(10)5(9)2-3/h1-2H/q-1. The minimum Gasteiger partial charge on any atom is -0.445 e. The Morgan fingerprint density at radius 2 is 1.46 bits per heavy atom. The van der Waals surface area contributed by atoms with Crippen LogP contribution in [0.25, 0.3) is 0 Å². The first-order chi connectivity index (χ1) is 5.82. The first kappa shape index (κ1) is 9.95. The average molecular weight is 199 g/mol. The van der Waals surface area contributed by atoms with Crippen LogP contribution in [-0.4, -0.2) is 6.98 Å². The maximum atomic E-state index is 12.4. The molecule has 1 aromatic carbocycles. The van der Waals surface area contributed by atoms with Gasteiger partial charge in [-0.15, -0.1) is 0 Å². The summed E-state index contributed by atoms with van der Waals surface area (Å²) in [4.78, 5) is 0. The molecular formula is C6H2BF6-. The van der Waals surface area contributed by atoms with Gasteiger partial charge in [0.2, 0.25) is 0 Å². The fourth-order valence-electron chi connectivity index (χ4n) is 0.814. The fourth-order valence-corrected chi connectivity index (χ4v) is 0.814. The van der Waals surface area contributed by atoms with Crippen LogP contribution < -0.4 is 5.46 Å². The Morgan fingerprint density at radius 3 is 1.92 bits per heavy atom. The highest BCUT2D eigenvalue weighted by atomic mass is 19.4. The first-order valence-corrected chi connectivity index (χ1v) is 3.16. The van der Waals surface area contributed by atoms with E-state index in [1.807, 2.05) is 0 Å². The van der Waals surface area contributed by atoms with Crippen LogP contribution in [0.5, 0.6) is 0 Å². The van der Waals surface area contributed by atoms with Gasteiger partial charge in [0.05, 0.1) is 0 Å². The number of benzene rings is 1. The van der Waals surface area contributed by atoms with Crippen molar-refractivity contribution in [2.45, 2.75) is 0 Å². The van der Waals surface area contributed by atoms with Crippen LogP contribution in [0.2, 0.25) is 0 Å². The third kappa shape index (κ3) is 1.96. The van der Waals surface area contributed by atoms with Crippen molar-refractivity contribution in [2.24, 2.45) is 0 Å². The zero-order chi connectivity index (χ0) is 10.2. The van der Waals surface area contributed by atoms with E-state index in [9.17, 15) is 26.1 Å². The van der Waals surface area contributed by atoms with Gasteiger partial charge < -0.3 is 12.9 Å². The monoisotopic (exact) mass is 199 g/mol. The van der Waals surface area contributed by atoms with Gasteiger partial charge in [-0.05, 0) is 0 Å². The largest absolute Gasteiger partial charge is 0.512 e. The topological polar surface area (TPSA) is 0 Å². The molecule has 0 heterocycles. The van der Waals surface area contributed by atoms with E-state index in [-0.39, 0.29) is 12.1 Å². The predicted octanol–water partition coefficient (Wildman–Crippen LogP) is 2.16. The molecule has 0 saturated carbocycles. The van der Waals surface area contributed by atoms with E-state index in [1.165, 1.54) is 0 Å². The third-order valence-corrected chi connectivity index (χ3v) is 1.37. The lowest BCUT2D eigenvalue weighted by atomic mass is 9.79. The molecule has 0 spiro atoms. The molecule has 72 valence electrons. The molecule has 0 nitrogen and oxygen atoms in total. The molecule has 0 aromatic heterocycles. The zero-order valence-corrected chi connectivity index (χ0v) is 6.00. The van der Waals surface area contributed by atoms with Gasteiger partial charge in [-0.3, -0.25) is 0 Å². The number of hydrogen-bond donors (Lipinski definition) is 0. The summed E-state index contributed by atoms with van der Waals surface area (Å²) in [6.07, 6.45) is 0. The molecule has 0 aliphatic carbocycles. The first-order valence-electron chi connectivity index (χ1n) is 3.16. The van der Waals surface area contributed by atoms with Crippen LogP contribution in [-0.2, 0) is 0 Å². The van der Waals surface area contributed by atoms with Gasteiger partial charge >= 0.3 is 6.98 Å². The Hall–Kier alpha value is -1.14. The van der Waals surface area contributed by atoms with E-state index in [0.717, 1.165) is 0 Å². The highest BCUT2D eigenvalue weighted by Gasteiger charge is 2.31. The van der Waals surface area contributed by atoms with E-state index in [1.54, 1.807) is 0 Å². The van der Waals surface area contributed by atoms with E-state index in [0.29, 0.717) is 0 Å². The maximum Gasteiger partial charge on any atom is 0.512 e. The summed E-state index contributed by atoms with van der Waals surface area (Å²) >= 11 is 0. The molecule has 0 bridgehead atoms. The summed E-state index contributed by atoms with van der Waals surface area (Å²) in [7, 11) is 0. The molecule has 0 aliphatic rings. The van der Waals surface area contributed by atoms with E-state index < -0.39 is 29.9 Å². The third-order valence-electron chi connectivity index (χ3n) is 1.37. The second-order valence-corrected chi connectivity index (χ2v) is 2.37. The fraction of sp³-hybridized carbons (Fsp3) is 0. The van der Waals surface area contributed by atoms with Crippen molar-refractivity contribution in [2.75, 3.05) is 0 Å². The number of hydrogen-bond acceptors (Lipinski definition) is 0. The summed E-state index contributed by atoms with van der Waals surface area (Å²) < 4.78 is 72.6. The van der Waals surface area contributed by atoms with Crippen LogP contribution in [0.15, 0.2) is 12.1 Å². The number of halogens is 6. The van der Waals surface area contributed by atoms with Crippen LogP contribution in [0.1, 0.15) is 0 Å². The Kier molecular flexibility index (Phi) is 2.27. The molecule has 1 rings (SSSR count). The van der Waals surface area contributed by atoms with Gasteiger partial charge in [0, 0.05) is 6.07 Å². The van der Waals surface area contributed by atoms with Crippen LogP contribution in [0.3, 0.4) is 0 Å². The number of rotatable bonds is 1. The lowest BCUT2D eigenvalue weighted by Crippen LogP contribution is -2.37. The molecule has 0 radical (unpaired) electrons. The quantitative estimate of drug-likeness (QED) is 0.369. The van der Waals surface area contributed by atoms with Crippen molar-refractivity contribution in [3.8, 4) is 0 Å². The van der Waals surface area contributed by atoms with Crippen LogP contribution in [0.4, 0.5) is 26.1 Å². The highest BCUT2D eigenvalue weighted by Crippen LogP contribution is 2.14. The Bertz CT molecular complexity index is 331. The van der Waals surface area contributed by atoms with Gasteiger partial charge in [0.25, 0.3) is 0 Å². The van der Waals surface area contributed by atoms with E-state index in [2.05, 4.69) is 0 Å². The summed E-state index contributed by atoms with van der Waals surface area (Å²) in [5.41, 5.74) is -1.88. The molecule has 13 heavy (non-hydrogen) atoms. The van der Waals surface area contributed by atoms with E-state index >= 15 is 0 Å². The average Bonchev–Trinajstić information content (AvgIpc) is 1.94. The van der Waals surface area contributed by atoms with Crippen LogP contribution >= 0.6 is 0 Å². The van der Waals surface area contributed by atoms with Crippen LogP contribution in [0, 0.1) is 17.5 Å². The Morgan fingerprint density at radius 1 is 0.923 bits per heavy atom. The maximum absolute atomic E-state index is 12.4. The molecule has 0 saturated heterocycles. The van der Waals surface area contributed by atoms with Crippen molar-refractivity contribution in [3.63, 3.8) is 0 Å². The van der Waals surface area contributed by atoms with E-state index in [4.69, 9.17) is 0 Å². The SMILES string of the molecule is Fc1cc(F)c(F)c([B-](F)(F)F)c1. The van der Waals surface area contributed by atoms with Gasteiger partial charge in [-0.25, -0.2) is 13.2 Å². The normalized spacial score (nSPS) is 11.8. The minimum absolute atomic E-state index is 0.0562. The van der Waals surface area contributed by atoms with Gasteiger partial charge in [-0.1, -0.05) is 11.5 Å². The molecule has 1 aromatic rings. The summed E-state index contributed by atoms with van der Waals surface area (Å²) in [6.45, 7) is -5.72. The molecule has 0 unspecified atom stereocenters. The molecule has 0 atom stereocenters. The molecule has 0 fully saturated rings. The minimum atomic E-state index is -5.72. The molecule has 0 aliphatic heterocycles. The molecular weight excluding hydrogens is 197 g/mol. The van der Waals surface area contributed by atoms with Gasteiger partial charge in [0.1, 0.15) is 11.6 Å². The van der Waals surface area contributed by atoms with Crippen molar-refractivity contribution in [1.82, 2.24) is 0 Å². The van der Waals surface area contributed by atoms with Gasteiger partial charge in [-0.2, -0.15) is 0 Å². The van der Waals surface area contributed by atoms with Crippen molar-refractivity contribution in [1.29, 1.82) is 0 Å². The summed E-state index contributed by atoms with van der Waals surface area (Å²) in [6, 6.07) is -0.0148. The van der Waals surface area contributed by atoms with Crippen molar-refractivity contribution >= 4 is 12.4 Å². The molecule has 0 N–H and O–H groups in total. The van der Waals surface area contributed by atoms with Crippen molar-refractivity contribution in [3.05, 3.63) is 29.6 Å². The summed E-state index contributed by atoms with van der Waals surface area (Å²) in [5.74, 6) is -5.35. The second kappa shape index (κ2) is 2.97. The Balaban J connectivity index is 3.37. The van der Waals surface area contributed by atoms with Gasteiger partial charge in [0.15, 0.2) is 5.82 Å². The summed E-state index contributed by atoms with van der Waals surface area (Å²) in [5, 5.41) is 0. The molecule has 0 amide bonds. The molecule has 7 heteroatoms.